The number of methoxy groups -OCH3 is 1. The number of nitrogens with one attached hydrogen (secondary N) is 1. The Bertz CT molecular complexity index is 741. The van der Waals surface area contributed by atoms with Gasteiger partial charge in [0, 0.05) is 6.42 Å². The van der Waals surface area contributed by atoms with Crippen molar-refractivity contribution in [2.24, 2.45) is 5.92 Å². The summed E-state index contributed by atoms with van der Waals surface area (Å²) in [6.07, 6.45) is 4.75. The minimum atomic E-state index is -0.285. The molecule has 1 N–H and O–H groups in total. The lowest BCUT2D eigenvalue weighted by Gasteiger charge is -2.10. The molecule has 2 rings (SSSR count). The highest BCUT2D eigenvalue weighted by atomic mass is 32.1. The van der Waals surface area contributed by atoms with Crippen molar-refractivity contribution in [3.05, 3.63) is 34.8 Å². The van der Waals surface area contributed by atoms with Gasteiger partial charge in [0.05, 0.1) is 7.11 Å². The van der Waals surface area contributed by atoms with Gasteiger partial charge in [0.2, 0.25) is 5.13 Å². The second-order valence-corrected chi connectivity index (χ2v) is 6.91. The van der Waals surface area contributed by atoms with E-state index in [1.807, 2.05) is 31.2 Å². The number of amides is 1. The zero-order valence-corrected chi connectivity index (χ0v) is 15.7. The molecule has 0 bridgehead atoms. The summed E-state index contributed by atoms with van der Waals surface area (Å²) in [5.74, 6) is 1.31. The van der Waals surface area contributed by atoms with E-state index in [1.165, 1.54) is 11.3 Å². The summed E-state index contributed by atoms with van der Waals surface area (Å²) in [6.45, 7) is 6.05. The Labute approximate surface area is 151 Å². The van der Waals surface area contributed by atoms with Crippen molar-refractivity contribution in [3.63, 3.8) is 0 Å². The number of rotatable bonds is 8. The number of carbonyl (C=O) groups excluding carboxylic acids is 1. The third kappa shape index (κ3) is 5.86. The van der Waals surface area contributed by atoms with E-state index >= 15 is 0 Å². The van der Waals surface area contributed by atoms with E-state index in [2.05, 4.69) is 29.4 Å². The molecule has 134 valence electrons. The van der Waals surface area contributed by atoms with Gasteiger partial charge in [0.1, 0.15) is 5.01 Å². The fraction of sp³-hybridized carbons (Fsp3) is 0.389. The Balaban J connectivity index is 1.92. The summed E-state index contributed by atoms with van der Waals surface area (Å²) >= 11 is 1.38. The van der Waals surface area contributed by atoms with Crippen LogP contribution >= 0.6 is 11.3 Å². The van der Waals surface area contributed by atoms with Gasteiger partial charge in [-0.2, -0.15) is 0 Å². The van der Waals surface area contributed by atoms with E-state index in [9.17, 15) is 4.79 Å². The van der Waals surface area contributed by atoms with E-state index in [1.54, 1.807) is 13.2 Å². The van der Waals surface area contributed by atoms with Gasteiger partial charge in [0.25, 0.3) is 5.91 Å². The molecule has 6 nitrogen and oxygen atoms in total. The average molecular weight is 361 g/mol. The number of carbonyl (C=O) groups is 1. The molecule has 0 unspecified atom stereocenters. The Hall–Kier alpha value is -2.41. The molecule has 0 spiro atoms. The first-order valence-electron chi connectivity index (χ1n) is 8.07. The Morgan fingerprint density at radius 1 is 1.32 bits per heavy atom. The van der Waals surface area contributed by atoms with Gasteiger partial charge >= 0.3 is 0 Å². The van der Waals surface area contributed by atoms with Crippen LogP contribution in [0.3, 0.4) is 0 Å². The van der Waals surface area contributed by atoms with Gasteiger partial charge < -0.3 is 9.47 Å². The summed E-state index contributed by atoms with van der Waals surface area (Å²) < 4.78 is 10.9. The molecule has 1 aromatic heterocycles. The number of nitrogens with zero attached hydrogens (tertiary/aromatic N) is 2. The maximum Gasteiger partial charge on any atom is 0.264 e. The number of anilines is 1. The Morgan fingerprint density at radius 2 is 2.12 bits per heavy atom. The molecule has 1 aromatic carbocycles. The first kappa shape index (κ1) is 18.9. The maximum atomic E-state index is 12.0. The molecule has 0 aliphatic carbocycles. The average Bonchev–Trinajstić information content (AvgIpc) is 2.99. The summed E-state index contributed by atoms with van der Waals surface area (Å²) in [5.41, 5.74) is 1.00. The highest BCUT2D eigenvalue weighted by Gasteiger charge is 2.11. The zero-order valence-electron chi connectivity index (χ0n) is 14.9. The molecular formula is C18H23N3O3S. The minimum Gasteiger partial charge on any atom is -0.493 e. The fourth-order valence-electron chi connectivity index (χ4n) is 2.13. The summed E-state index contributed by atoms with van der Waals surface area (Å²) in [7, 11) is 1.57. The molecular weight excluding hydrogens is 338 g/mol. The van der Waals surface area contributed by atoms with Crippen molar-refractivity contribution in [2.45, 2.75) is 27.2 Å². The molecule has 0 saturated heterocycles. The van der Waals surface area contributed by atoms with Crippen LogP contribution in [-0.4, -0.2) is 29.8 Å². The number of hydrogen-bond donors (Lipinski definition) is 1. The number of hydrogen-bond acceptors (Lipinski definition) is 6. The van der Waals surface area contributed by atoms with Crippen molar-refractivity contribution in [1.29, 1.82) is 0 Å². The summed E-state index contributed by atoms with van der Waals surface area (Å²) in [6, 6.07) is 5.54. The van der Waals surface area contributed by atoms with Crippen LogP contribution in [0.1, 0.15) is 31.3 Å². The van der Waals surface area contributed by atoms with Crippen molar-refractivity contribution in [3.8, 4) is 11.5 Å². The van der Waals surface area contributed by atoms with Crippen molar-refractivity contribution >= 4 is 28.5 Å². The van der Waals surface area contributed by atoms with Crippen molar-refractivity contribution < 1.29 is 14.3 Å². The molecule has 0 aliphatic rings. The van der Waals surface area contributed by atoms with Crippen LogP contribution in [0.5, 0.6) is 11.5 Å². The maximum absolute atomic E-state index is 12.0. The van der Waals surface area contributed by atoms with Crippen molar-refractivity contribution in [1.82, 2.24) is 10.2 Å². The first-order valence-corrected chi connectivity index (χ1v) is 8.89. The third-order valence-electron chi connectivity index (χ3n) is 3.20. The van der Waals surface area contributed by atoms with Gasteiger partial charge in [0.15, 0.2) is 18.1 Å². The molecule has 2 aromatic rings. The van der Waals surface area contributed by atoms with Crippen LogP contribution in [-0.2, 0) is 11.2 Å². The second-order valence-electron chi connectivity index (χ2n) is 5.85. The highest BCUT2D eigenvalue weighted by Crippen LogP contribution is 2.28. The van der Waals surface area contributed by atoms with E-state index < -0.39 is 0 Å². The third-order valence-corrected chi connectivity index (χ3v) is 4.06. The SMILES string of the molecule is C/C=C\c1ccc(OCC(=O)Nc2nnc(CC(C)C)s2)c(OC)c1. The van der Waals surface area contributed by atoms with Gasteiger partial charge in [-0.3, -0.25) is 10.1 Å². The van der Waals surface area contributed by atoms with Crippen LogP contribution in [0.2, 0.25) is 0 Å². The predicted octanol–water partition coefficient (Wildman–Crippen LogP) is 3.80. The lowest BCUT2D eigenvalue weighted by Crippen LogP contribution is -2.20. The zero-order chi connectivity index (χ0) is 18.2. The Morgan fingerprint density at radius 3 is 2.80 bits per heavy atom. The van der Waals surface area contributed by atoms with Crippen LogP contribution < -0.4 is 14.8 Å². The van der Waals surface area contributed by atoms with E-state index in [4.69, 9.17) is 9.47 Å². The Kier molecular flexibility index (Phi) is 6.94. The molecule has 1 heterocycles. The topological polar surface area (TPSA) is 73.3 Å². The first-order chi connectivity index (χ1) is 12.0. The predicted molar refractivity (Wildman–Crippen MR) is 100 cm³/mol. The lowest BCUT2D eigenvalue weighted by atomic mass is 10.1. The smallest absolute Gasteiger partial charge is 0.264 e. The van der Waals surface area contributed by atoms with E-state index in [-0.39, 0.29) is 12.5 Å². The number of aromatic nitrogens is 2. The molecule has 7 heteroatoms. The molecule has 25 heavy (non-hydrogen) atoms. The number of ether oxygens (including phenoxy) is 2. The molecule has 0 fully saturated rings. The van der Waals surface area contributed by atoms with E-state index in [0.717, 1.165) is 17.0 Å². The van der Waals surface area contributed by atoms with Gasteiger partial charge in [-0.1, -0.05) is 43.4 Å². The monoisotopic (exact) mass is 361 g/mol. The van der Waals surface area contributed by atoms with Gasteiger partial charge in [-0.05, 0) is 30.5 Å². The largest absolute Gasteiger partial charge is 0.493 e. The van der Waals surface area contributed by atoms with Crippen LogP contribution in [0.25, 0.3) is 6.08 Å². The quantitative estimate of drug-likeness (QED) is 0.774. The fourth-order valence-corrected chi connectivity index (χ4v) is 3.10. The van der Waals surface area contributed by atoms with Crippen molar-refractivity contribution in [2.75, 3.05) is 19.0 Å². The van der Waals surface area contributed by atoms with Gasteiger partial charge in [-0.15, -0.1) is 10.2 Å². The summed E-state index contributed by atoms with van der Waals surface area (Å²) in [5, 5.41) is 12.1. The molecule has 0 saturated carbocycles. The normalized spacial score (nSPS) is 11.1. The van der Waals surface area contributed by atoms with Gasteiger partial charge in [-0.25, -0.2) is 0 Å². The molecule has 0 atom stereocenters. The standard InChI is InChI=1S/C18H23N3O3S/c1-5-6-13-7-8-14(15(10-13)23-4)24-11-16(22)19-18-21-20-17(25-18)9-12(2)3/h5-8,10,12H,9,11H2,1-4H3,(H,19,21,22)/b6-5-. The molecule has 0 radical (unpaired) electrons. The van der Waals surface area contributed by atoms with Crippen LogP contribution in [0, 0.1) is 5.92 Å². The number of benzene rings is 1. The lowest BCUT2D eigenvalue weighted by molar-refractivity contribution is -0.118. The van der Waals surface area contributed by atoms with Crippen LogP contribution in [0.15, 0.2) is 24.3 Å². The summed E-state index contributed by atoms with van der Waals surface area (Å²) in [4.78, 5) is 12.0. The number of allylic oxidation sites excluding steroid dienone is 1. The minimum absolute atomic E-state index is 0.127. The highest BCUT2D eigenvalue weighted by molar-refractivity contribution is 7.15. The second kappa shape index (κ2) is 9.17. The van der Waals surface area contributed by atoms with E-state index in [0.29, 0.717) is 22.5 Å². The molecule has 0 aliphatic heterocycles. The van der Waals surface area contributed by atoms with Crippen LogP contribution in [0.4, 0.5) is 5.13 Å². The molecule has 1 amide bonds.